The summed E-state index contributed by atoms with van der Waals surface area (Å²) in [4.78, 5) is 41.1. The fraction of sp³-hybridized carbons (Fsp3) is 0.483. The highest BCUT2D eigenvalue weighted by Crippen LogP contribution is 2.27. The van der Waals surface area contributed by atoms with E-state index < -0.39 is 17.7 Å². The van der Waals surface area contributed by atoms with Crippen molar-refractivity contribution in [1.82, 2.24) is 10.2 Å². The number of hydrogen-bond acceptors (Lipinski definition) is 4. The molecule has 0 aliphatic heterocycles. The normalized spacial score (nSPS) is 12.0. The quantitative estimate of drug-likeness (QED) is 0.406. The fourth-order valence-corrected chi connectivity index (χ4v) is 4.01. The molecule has 0 saturated heterocycles. The van der Waals surface area contributed by atoms with Crippen LogP contribution in [0, 0.1) is 20.8 Å². The Morgan fingerprint density at radius 2 is 1.61 bits per heavy atom. The molecule has 3 amide bonds. The summed E-state index contributed by atoms with van der Waals surface area (Å²) in [5.74, 6) is -0.639. The van der Waals surface area contributed by atoms with Crippen molar-refractivity contribution in [2.75, 3.05) is 18.4 Å². The molecule has 36 heavy (non-hydrogen) atoms. The molecule has 0 aliphatic rings. The lowest BCUT2D eigenvalue weighted by Gasteiger charge is -2.32. The van der Waals surface area contributed by atoms with E-state index in [0.29, 0.717) is 6.54 Å². The zero-order valence-electron chi connectivity index (χ0n) is 22.7. The van der Waals surface area contributed by atoms with Crippen LogP contribution in [0.2, 0.25) is 0 Å². The van der Waals surface area contributed by atoms with Crippen LogP contribution in [-0.2, 0) is 14.3 Å². The van der Waals surface area contributed by atoms with Crippen molar-refractivity contribution in [2.24, 2.45) is 0 Å². The van der Waals surface area contributed by atoms with Gasteiger partial charge >= 0.3 is 6.09 Å². The van der Waals surface area contributed by atoms with Crippen LogP contribution in [0.3, 0.4) is 0 Å². The minimum atomic E-state index is -0.853. The fourth-order valence-electron chi connectivity index (χ4n) is 4.01. The van der Waals surface area contributed by atoms with E-state index in [4.69, 9.17) is 4.74 Å². The third kappa shape index (κ3) is 8.70. The first-order valence-corrected chi connectivity index (χ1v) is 12.6. The standard InChI is InChI=1S/C29H41N3O4/c1-8-9-10-17-32(24(33)19-30-28(35)36-29(5,6)7)26(23-16-11-13-20(2)18-23)27(34)31-25-21(3)14-12-15-22(25)4/h11-16,18,26H,8-10,17,19H2,1-7H3,(H,30,35)(H,31,34). The van der Waals surface area contributed by atoms with Gasteiger partial charge in [-0.3, -0.25) is 9.59 Å². The van der Waals surface area contributed by atoms with Crippen LogP contribution in [-0.4, -0.2) is 41.5 Å². The monoisotopic (exact) mass is 495 g/mol. The third-order valence-corrected chi connectivity index (χ3v) is 5.75. The number of unbranched alkanes of at least 4 members (excludes halogenated alkanes) is 2. The number of aryl methyl sites for hydroxylation is 3. The van der Waals surface area contributed by atoms with Crippen LogP contribution in [0.5, 0.6) is 0 Å². The van der Waals surface area contributed by atoms with Crippen molar-refractivity contribution in [1.29, 1.82) is 0 Å². The molecular weight excluding hydrogens is 454 g/mol. The minimum absolute atomic E-state index is 0.264. The van der Waals surface area contributed by atoms with Crippen molar-refractivity contribution in [3.8, 4) is 0 Å². The first kappa shape index (κ1) is 28.9. The van der Waals surface area contributed by atoms with E-state index in [9.17, 15) is 14.4 Å². The number of carbonyl (C=O) groups excluding carboxylic acids is 3. The molecule has 0 aliphatic carbocycles. The van der Waals surface area contributed by atoms with Gasteiger partial charge in [0.05, 0.1) is 0 Å². The van der Waals surface area contributed by atoms with E-state index in [1.807, 2.05) is 63.2 Å². The smallest absolute Gasteiger partial charge is 0.408 e. The summed E-state index contributed by atoms with van der Waals surface area (Å²) in [6.07, 6.45) is 1.97. The van der Waals surface area contributed by atoms with Gasteiger partial charge in [-0.25, -0.2) is 4.79 Å². The van der Waals surface area contributed by atoms with E-state index in [0.717, 1.165) is 47.2 Å². The molecular formula is C29H41N3O4. The van der Waals surface area contributed by atoms with Crippen LogP contribution < -0.4 is 10.6 Å². The van der Waals surface area contributed by atoms with Gasteiger partial charge in [0.15, 0.2) is 0 Å². The van der Waals surface area contributed by atoms with Gasteiger partial charge in [0, 0.05) is 12.2 Å². The van der Waals surface area contributed by atoms with Crippen LogP contribution >= 0.6 is 0 Å². The molecule has 0 bridgehead atoms. The summed E-state index contributed by atoms with van der Waals surface area (Å²) in [6, 6.07) is 12.6. The Kier molecular flexibility index (Phi) is 10.5. The molecule has 1 atom stereocenters. The maximum Gasteiger partial charge on any atom is 0.408 e. The van der Waals surface area contributed by atoms with Crippen molar-refractivity contribution in [3.63, 3.8) is 0 Å². The molecule has 2 N–H and O–H groups in total. The van der Waals surface area contributed by atoms with Crippen molar-refractivity contribution >= 4 is 23.6 Å². The molecule has 0 heterocycles. The number of alkyl carbamates (subject to hydrolysis) is 1. The number of hydrogen-bond donors (Lipinski definition) is 2. The Balaban J connectivity index is 2.40. The van der Waals surface area contributed by atoms with E-state index >= 15 is 0 Å². The number of ether oxygens (including phenoxy) is 1. The number of amides is 3. The maximum atomic E-state index is 13.8. The number of carbonyl (C=O) groups is 3. The van der Waals surface area contributed by atoms with Crippen LogP contribution in [0.15, 0.2) is 42.5 Å². The van der Waals surface area contributed by atoms with Crippen LogP contribution in [0.25, 0.3) is 0 Å². The number of rotatable bonds is 10. The van der Waals surface area contributed by atoms with Gasteiger partial charge in [0.2, 0.25) is 5.91 Å². The summed E-state index contributed by atoms with van der Waals surface area (Å²) in [7, 11) is 0. The lowest BCUT2D eigenvalue weighted by atomic mass is 10.0. The number of para-hydroxylation sites is 1. The zero-order chi connectivity index (χ0) is 26.9. The number of benzene rings is 2. The van der Waals surface area contributed by atoms with Crippen molar-refractivity contribution in [2.45, 2.75) is 79.4 Å². The van der Waals surface area contributed by atoms with Gasteiger partial charge in [0.1, 0.15) is 18.2 Å². The molecule has 2 aromatic carbocycles. The molecule has 0 spiro atoms. The zero-order valence-corrected chi connectivity index (χ0v) is 22.7. The lowest BCUT2D eigenvalue weighted by Crippen LogP contribution is -2.47. The molecule has 0 aromatic heterocycles. The topological polar surface area (TPSA) is 87.7 Å². The van der Waals surface area contributed by atoms with Crippen LogP contribution in [0.1, 0.15) is 75.3 Å². The van der Waals surface area contributed by atoms with E-state index in [-0.39, 0.29) is 18.4 Å². The molecule has 0 fully saturated rings. The predicted molar refractivity (Wildman–Crippen MR) is 144 cm³/mol. The van der Waals surface area contributed by atoms with Crippen molar-refractivity contribution in [3.05, 3.63) is 64.7 Å². The Hall–Kier alpha value is -3.35. The Labute approximate surface area is 215 Å². The van der Waals surface area contributed by atoms with Gasteiger partial charge in [0.25, 0.3) is 5.91 Å². The average molecular weight is 496 g/mol. The highest BCUT2D eigenvalue weighted by atomic mass is 16.6. The molecule has 0 radical (unpaired) electrons. The largest absolute Gasteiger partial charge is 0.444 e. The number of nitrogens with one attached hydrogen (secondary N) is 2. The second-order valence-corrected chi connectivity index (χ2v) is 10.2. The summed E-state index contributed by atoms with van der Waals surface area (Å²) in [5, 5.41) is 5.62. The highest BCUT2D eigenvalue weighted by Gasteiger charge is 2.32. The van der Waals surface area contributed by atoms with E-state index in [1.54, 1.807) is 25.7 Å². The summed E-state index contributed by atoms with van der Waals surface area (Å²) < 4.78 is 5.28. The van der Waals surface area contributed by atoms with Gasteiger partial charge in [-0.15, -0.1) is 0 Å². The molecule has 0 saturated carbocycles. The van der Waals surface area contributed by atoms with E-state index in [2.05, 4.69) is 17.6 Å². The minimum Gasteiger partial charge on any atom is -0.444 e. The van der Waals surface area contributed by atoms with Gasteiger partial charge in [-0.05, 0) is 64.7 Å². The Morgan fingerprint density at radius 3 is 2.19 bits per heavy atom. The molecule has 2 rings (SSSR count). The number of nitrogens with zero attached hydrogens (tertiary/aromatic N) is 1. The SMILES string of the molecule is CCCCCN(C(=O)CNC(=O)OC(C)(C)C)C(C(=O)Nc1c(C)cccc1C)c1cccc(C)c1. The summed E-state index contributed by atoms with van der Waals surface area (Å²) >= 11 is 0. The first-order chi connectivity index (χ1) is 16.9. The van der Waals surface area contributed by atoms with Gasteiger partial charge in [-0.1, -0.05) is 67.8 Å². The molecule has 7 nitrogen and oxygen atoms in total. The van der Waals surface area contributed by atoms with Gasteiger partial charge < -0.3 is 20.3 Å². The molecule has 1 unspecified atom stereocenters. The lowest BCUT2D eigenvalue weighted by molar-refractivity contribution is -0.138. The molecule has 2 aromatic rings. The highest BCUT2D eigenvalue weighted by molar-refractivity contribution is 5.99. The summed E-state index contributed by atoms with van der Waals surface area (Å²) in [6.45, 7) is 13.3. The van der Waals surface area contributed by atoms with Crippen molar-refractivity contribution < 1.29 is 19.1 Å². The second kappa shape index (κ2) is 13.1. The summed E-state index contributed by atoms with van der Waals surface area (Å²) in [5.41, 5.74) is 3.67. The predicted octanol–water partition coefficient (Wildman–Crippen LogP) is 5.84. The maximum absolute atomic E-state index is 13.8. The first-order valence-electron chi connectivity index (χ1n) is 12.6. The molecule has 7 heteroatoms. The van der Waals surface area contributed by atoms with Crippen LogP contribution in [0.4, 0.5) is 10.5 Å². The Bertz CT molecular complexity index is 1040. The average Bonchev–Trinajstić information content (AvgIpc) is 2.78. The molecule has 196 valence electrons. The van der Waals surface area contributed by atoms with Gasteiger partial charge in [-0.2, -0.15) is 0 Å². The number of anilines is 1. The Morgan fingerprint density at radius 1 is 0.972 bits per heavy atom. The van der Waals surface area contributed by atoms with E-state index in [1.165, 1.54) is 0 Å². The third-order valence-electron chi connectivity index (χ3n) is 5.75. The second-order valence-electron chi connectivity index (χ2n) is 10.2.